The maximum Gasteiger partial charge on any atom is 0.314 e. The first-order valence-electron chi connectivity index (χ1n) is 8.49. The number of carbonyl (C=O) groups excluding carboxylic acids is 1. The van der Waals surface area contributed by atoms with Gasteiger partial charge in [0.1, 0.15) is 5.75 Å². The molecule has 22 heavy (non-hydrogen) atoms. The van der Waals surface area contributed by atoms with Gasteiger partial charge in [0.05, 0.1) is 5.92 Å². The molecular weight excluding hydrogens is 340 g/mol. The zero-order chi connectivity index (χ0) is 16.1. The molecule has 1 saturated carbocycles. The largest absolute Gasteiger partial charge is 0.426 e. The van der Waals surface area contributed by atoms with Crippen LogP contribution < -0.4 is 4.74 Å². The molecule has 0 unspecified atom stereocenters. The zero-order valence-corrected chi connectivity index (χ0v) is 15.5. The fourth-order valence-corrected chi connectivity index (χ4v) is 4.11. The summed E-state index contributed by atoms with van der Waals surface area (Å²) in [4.78, 5) is 12.4. The molecule has 0 atom stereocenters. The van der Waals surface area contributed by atoms with Crippen molar-refractivity contribution in [2.75, 3.05) is 0 Å². The quantitative estimate of drug-likeness (QED) is 0.474. The smallest absolute Gasteiger partial charge is 0.314 e. The molecule has 0 radical (unpaired) electrons. The molecule has 1 fully saturated rings. The van der Waals surface area contributed by atoms with E-state index in [9.17, 15) is 4.79 Å². The maximum atomic E-state index is 12.4. The Morgan fingerprint density at radius 3 is 2.32 bits per heavy atom. The molecule has 0 heterocycles. The van der Waals surface area contributed by atoms with Gasteiger partial charge in [-0.3, -0.25) is 4.79 Å². The average Bonchev–Trinajstić information content (AvgIpc) is 2.49. The molecule has 2 rings (SSSR count). The van der Waals surface area contributed by atoms with Crippen molar-refractivity contribution >= 4 is 21.9 Å². The lowest BCUT2D eigenvalue weighted by molar-refractivity contribution is -0.140. The molecule has 122 valence electrons. The predicted octanol–water partition coefficient (Wildman–Crippen LogP) is 5.97. The van der Waals surface area contributed by atoms with Crippen LogP contribution >= 0.6 is 15.9 Å². The van der Waals surface area contributed by atoms with E-state index in [1.165, 1.54) is 32.1 Å². The van der Waals surface area contributed by atoms with E-state index >= 15 is 0 Å². The Morgan fingerprint density at radius 1 is 1.18 bits per heavy atom. The number of unbranched alkanes of at least 4 members (excludes halogenated alkanes) is 1. The van der Waals surface area contributed by atoms with E-state index in [-0.39, 0.29) is 11.9 Å². The molecule has 2 nitrogen and oxygen atoms in total. The average molecular weight is 367 g/mol. The van der Waals surface area contributed by atoms with Crippen molar-refractivity contribution in [2.45, 2.75) is 65.7 Å². The summed E-state index contributed by atoms with van der Waals surface area (Å²) in [6, 6.07) is 3.99. The van der Waals surface area contributed by atoms with Crippen molar-refractivity contribution in [3.05, 3.63) is 27.7 Å². The number of esters is 1. The Bertz CT molecular complexity index is 493. The molecule has 0 saturated heterocycles. The number of carbonyl (C=O) groups is 1. The molecule has 0 spiro atoms. The zero-order valence-electron chi connectivity index (χ0n) is 14.0. The van der Waals surface area contributed by atoms with Gasteiger partial charge in [0.25, 0.3) is 0 Å². The van der Waals surface area contributed by atoms with Crippen molar-refractivity contribution < 1.29 is 9.53 Å². The number of benzene rings is 1. The van der Waals surface area contributed by atoms with Crippen LogP contribution in [0.2, 0.25) is 0 Å². The van der Waals surface area contributed by atoms with Crippen LogP contribution in [0.1, 0.15) is 63.0 Å². The van der Waals surface area contributed by atoms with Gasteiger partial charge in [0, 0.05) is 4.47 Å². The van der Waals surface area contributed by atoms with Gasteiger partial charge >= 0.3 is 5.97 Å². The van der Waals surface area contributed by atoms with Gasteiger partial charge in [-0.05, 0) is 68.7 Å². The molecule has 1 aromatic carbocycles. The molecule has 0 bridgehead atoms. The van der Waals surface area contributed by atoms with Gasteiger partial charge in [-0.1, -0.05) is 42.1 Å². The predicted molar refractivity (Wildman–Crippen MR) is 94.2 cm³/mol. The number of aryl methyl sites for hydroxylation is 2. The third-order valence-corrected chi connectivity index (χ3v) is 5.23. The van der Waals surface area contributed by atoms with E-state index < -0.39 is 0 Å². The highest BCUT2D eigenvalue weighted by Gasteiger charge is 2.28. The highest BCUT2D eigenvalue weighted by molar-refractivity contribution is 9.10. The SMILES string of the molecule is CCCCC1CCC(C(=O)Oc2c(C)cc(Br)cc2C)CC1. The fraction of sp³-hybridized carbons (Fsp3) is 0.632. The molecule has 0 aliphatic heterocycles. The van der Waals surface area contributed by atoms with Crippen LogP contribution in [0, 0.1) is 25.7 Å². The second-order valence-electron chi connectivity index (χ2n) is 6.65. The van der Waals surface area contributed by atoms with Crippen LogP contribution in [0.25, 0.3) is 0 Å². The normalized spacial score (nSPS) is 21.6. The minimum absolute atomic E-state index is 0.0394. The Labute approximate surface area is 142 Å². The summed E-state index contributed by atoms with van der Waals surface area (Å²) in [5, 5.41) is 0. The topological polar surface area (TPSA) is 26.3 Å². The molecule has 0 N–H and O–H groups in total. The molecule has 0 aromatic heterocycles. The van der Waals surface area contributed by atoms with Crippen molar-refractivity contribution in [1.29, 1.82) is 0 Å². The van der Waals surface area contributed by atoms with E-state index in [0.717, 1.165) is 40.1 Å². The Morgan fingerprint density at radius 2 is 1.77 bits per heavy atom. The Kier molecular flexibility index (Phi) is 6.49. The molecule has 1 aliphatic carbocycles. The van der Waals surface area contributed by atoms with Crippen LogP contribution in [0.15, 0.2) is 16.6 Å². The van der Waals surface area contributed by atoms with Crippen LogP contribution in [0.4, 0.5) is 0 Å². The van der Waals surface area contributed by atoms with Gasteiger partial charge in [0.15, 0.2) is 0 Å². The van der Waals surface area contributed by atoms with Crippen LogP contribution in [0.5, 0.6) is 5.75 Å². The van der Waals surface area contributed by atoms with E-state index in [1.54, 1.807) is 0 Å². The number of halogens is 1. The lowest BCUT2D eigenvalue weighted by atomic mass is 9.80. The van der Waals surface area contributed by atoms with Crippen LogP contribution in [-0.4, -0.2) is 5.97 Å². The summed E-state index contributed by atoms with van der Waals surface area (Å²) in [7, 11) is 0. The monoisotopic (exact) mass is 366 g/mol. The second-order valence-corrected chi connectivity index (χ2v) is 7.57. The number of ether oxygens (including phenoxy) is 1. The highest BCUT2D eigenvalue weighted by Crippen LogP contribution is 2.34. The van der Waals surface area contributed by atoms with Crippen molar-refractivity contribution in [3.8, 4) is 5.75 Å². The van der Waals surface area contributed by atoms with Gasteiger partial charge in [-0.2, -0.15) is 0 Å². The lowest BCUT2D eigenvalue weighted by Gasteiger charge is -2.27. The van der Waals surface area contributed by atoms with Crippen molar-refractivity contribution in [3.63, 3.8) is 0 Å². The van der Waals surface area contributed by atoms with Gasteiger partial charge in [-0.15, -0.1) is 0 Å². The Hall–Kier alpha value is -0.830. The molecular formula is C19H27BrO2. The summed E-state index contributed by atoms with van der Waals surface area (Å²) < 4.78 is 6.75. The first kappa shape index (κ1) is 17.5. The molecule has 3 heteroatoms. The number of hydrogen-bond acceptors (Lipinski definition) is 2. The summed E-state index contributed by atoms with van der Waals surface area (Å²) >= 11 is 3.48. The van der Waals surface area contributed by atoms with E-state index in [1.807, 2.05) is 26.0 Å². The lowest BCUT2D eigenvalue weighted by Crippen LogP contribution is -2.26. The summed E-state index contributed by atoms with van der Waals surface area (Å²) in [6.45, 7) is 6.22. The maximum absolute atomic E-state index is 12.4. The highest BCUT2D eigenvalue weighted by atomic mass is 79.9. The Balaban J connectivity index is 1.91. The fourth-order valence-electron chi connectivity index (χ4n) is 3.42. The van der Waals surface area contributed by atoms with Crippen LogP contribution in [-0.2, 0) is 4.79 Å². The molecule has 1 aliphatic rings. The minimum atomic E-state index is -0.0394. The summed E-state index contributed by atoms with van der Waals surface area (Å²) in [5.41, 5.74) is 2.02. The third-order valence-electron chi connectivity index (χ3n) is 4.77. The second kappa shape index (κ2) is 8.14. The van der Waals surface area contributed by atoms with Gasteiger partial charge < -0.3 is 4.74 Å². The first-order valence-corrected chi connectivity index (χ1v) is 9.29. The minimum Gasteiger partial charge on any atom is -0.426 e. The molecule has 1 aromatic rings. The van der Waals surface area contributed by atoms with E-state index in [2.05, 4.69) is 22.9 Å². The van der Waals surface area contributed by atoms with Gasteiger partial charge in [0.2, 0.25) is 0 Å². The third kappa shape index (κ3) is 4.58. The number of hydrogen-bond donors (Lipinski definition) is 0. The standard InChI is InChI=1S/C19H27BrO2/c1-4-5-6-15-7-9-16(10-8-15)19(21)22-18-13(2)11-17(20)12-14(18)3/h11-12,15-16H,4-10H2,1-3H3. The molecule has 0 amide bonds. The first-order chi connectivity index (χ1) is 10.5. The van der Waals surface area contributed by atoms with Crippen molar-refractivity contribution in [2.24, 2.45) is 11.8 Å². The summed E-state index contributed by atoms with van der Waals surface area (Å²) in [5.74, 6) is 1.60. The summed E-state index contributed by atoms with van der Waals surface area (Å²) in [6.07, 6.45) is 8.24. The van der Waals surface area contributed by atoms with E-state index in [4.69, 9.17) is 4.74 Å². The van der Waals surface area contributed by atoms with Crippen molar-refractivity contribution in [1.82, 2.24) is 0 Å². The number of rotatable bonds is 5. The van der Waals surface area contributed by atoms with Crippen LogP contribution in [0.3, 0.4) is 0 Å². The van der Waals surface area contributed by atoms with Gasteiger partial charge in [-0.25, -0.2) is 0 Å². The van der Waals surface area contributed by atoms with E-state index in [0.29, 0.717) is 0 Å².